The molecule has 0 atom stereocenters. The van der Waals surface area contributed by atoms with E-state index in [-0.39, 0.29) is 0 Å². The lowest BCUT2D eigenvalue weighted by atomic mass is 10.3. The summed E-state index contributed by atoms with van der Waals surface area (Å²) in [6, 6.07) is 4.86. The second kappa shape index (κ2) is 3.79. The molecule has 6 heteroatoms. The standard InChI is InChI=1S/C10H10F3N3/c1-14-6-7-8-4-2-3-5-16(8)9(15-7)10(11,12)13/h2-5,14H,6H2,1H3. The first-order valence-electron chi connectivity index (χ1n) is 4.72. The van der Waals surface area contributed by atoms with Crippen molar-refractivity contribution in [1.82, 2.24) is 14.7 Å². The SMILES string of the molecule is CNCc1nc(C(F)(F)F)n2ccccc12. The molecule has 0 amide bonds. The van der Waals surface area contributed by atoms with Gasteiger partial charge in [0.25, 0.3) is 0 Å². The number of nitrogens with one attached hydrogen (secondary N) is 1. The van der Waals surface area contributed by atoms with E-state index in [4.69, 9.17) is 0 Å². The molecule has 0 fully saturated rings. The molecule has 2 heterocycles. The minimum absolute atomic E-state index is 0.309. The first-order chi connectivity index (χ1) is 7.54. The lowest BCUT2D eigenvalue weighted by molar-refractivity contribution is -0.145. The number of alkyl halides is 3. The van der Waals surface area contributed by atoms with Crippen LogP contribution >= 0.6 is 0 Å². The quantitative estimate of drug-likeness (QED) is 0.854. The third-order valence-electron chi connectivity index (χ3n) is 2.22. The van der Waals surface area contributed by atoms with Gasteiger partial charge in [0.05, 0.1) is 11.2 Å². The van der Waals surface area contributed by atoms with Gasteiger partial charge in [0.2, 0.25) is 5.82 Å². The molecule has 0 aliphatic rings. The number of imidazole rings is 1. The topological polar surface area (TPSA) is 29.3 Å². The predicted octanol–water partition coefficient (Wildman–Crippen LogP) is 2.07. The van der Waals surface area contributed by atoms with Crippen LogP contribution in [0.4, 0.5) is 13.2 Å². The molecule has 0 bridgehead atoms. The molecule has 1 N–H and O–H groups in total. The highest BCUT2D eigenvalue weighted by atomic mass is 19.4. The summed E-state index contributed by atoms with van der Waals surface area (Å²) in [6.07, 6.45) is -3.07. The van der Waals surface area contributed by atoms with E-state index in [1.807, 2.05) is 0 Å². The van der Waals surface area contributed by atoms with Crippen LogP contribution in [0.15, 0.2) is 24.4 Å². The number of nitrogens with zero attached hydrogens (tertiary/aromatic N) is 2. The lowest BCUT2D eigenvalue weighted by Gasteiger charge is -2.03. The van der Waals surface area contributed by atoms with Crippen molar-refractivity contribution < 1.29 is 13.2 Å². The minimum Gasteiger partial charge on any atom is -0.314 e. The van der Waals surface area contributed by atoms with Crippen LogP contribution in [0.1, 0.15) is 11.5 Å². The molecular formula is C10H10F3N3. The van der Waals surface area contributed by atoms with Gasteiger partial charge in [-0.25, -0.2) is 4.98 Å². The molecule has 86 valence electrons. The first-order valence-corrected chi connectivity index (χ1v) is 4.72. The largest absolute Gasteiger partial charge is 0.450 e. The van der Waals surface area contributed by atoms with Crippen molar-refractivity contribution in [2.75, 3.05) is 7.05 Å². The number of fused-ring (bicyclic) bond motifs is 1. The lowest BCUT2D eigenvalue weighted by Crippen LogP contribution is -2.11. The summed E-state index contributed by atoms with van der Waals surface area (Å²) in [7, 11) is 1.67. The first kappa shape index (κ1) is 10.9. The van der Waals surface area contributed by atoms with Gasteiger partial charge < -0.3 is 5.32 Å². The number of hydrogen-bond acceptors (Lipinski definition) is 2. The summed E-state index contributed by atoms with van der Waals surface area (Å²) in [5, 5.41) is 2.80. The molecule has 2 aromatic rings. The molecule has 16 heavy (non-hydrogen) atoms. The number of aromatic nitrogens is 2. The summed E-state index contributed by atoms with van der Waals surface area (Å²) in [5.41, 5.74) is 0.875. The molecule has 0 aromatic carbocycles. The summed E-state index contributed by atoms with van der Waals surface area (Å²) >= 11 is 0. The van der Waals surface area contributed by atoms with Crippen LogP contribution in [0.5, 0.6) is 0 Å². The Balaban J connectivity index is 2.67. The normalized spacial score (nSPS) is 12.2. The average molecular weight is 229 g/mol. The molecule has 0 unspecified atom stereocenters. The number of halogens is 3. The van der Waals surface area contributed by atoms with E-state index in [0.29, 0.717) is 17.8 Å². The van der Waals surface area contributed by atoms with Gasteiger partial charge in [0.1, 0.15) is 0 Å². The smallest absolute Gasteiger partial charge is 0.314 e. The zero-order valence-corrected chi connectivity index (χ0v) is 8.54. The Kier molecular flexibility index (Phi) is 2.59. The highest BCUT2D eigenvalue weighted by Crippen LogP contribution is 2.30. The van der Waals surface area contributed by atoms with E-state index in [0.717, 1.165) is 4.40 Å². The number of pyridine rings is 1. The number of rotatable bonds is 2. The zero-order chi connectivity index (χ0) is 11.8. The van der Waals surface area contributed by atoms with Gasteiger partial charge in [-0.3, -0.25) is 4.40 Å². The second-order valence-electron chi connectivity index (χ2n) is 3.37. The maximum atomic E-state index is 12.7. The van der Waals surface area contributed by atoms with Crippen LogP contribution in [-0.4, -0.2) is 16.4 Å². The maximum Gasteiger partial charge on any atom is 0.450 e. The molecule has 2 rings (SSSR count). The van der Waals surface area contributed by atoms with E-state index < -0.39 is 12.0 Å². The Labute approximate surface area is 89.9 Å². The van der Waals surface area contributed by atoms with E-state index in [1.54, 1.807) is 25.2 Å². The van der Waals surface area contributed by atoms with Crippen molar-refractivity contribution in [3.63, 3.8) is 0 Å². The summed E-state index contributed by atoms with van der Waals surface area (Å²) in [5.74, 6) is -0.881. The van der Waals surface area contributed by atoms with Gasteiger partial charge in [-0.05, 0) is 19.2 Å². The zero-order valence-electron chi connectivity index (χ0n) is 8.54. The van der Waals surface area contributed by atoms with Crippen LogP contribution in [0, 0.1) is 0 Å². The highest BCUT2D eigenvalue weighted by molar-refractivity contribution is 5.53. The Hall–Kier alpha value is -1.56. The fourth-order valence-electron chi connectivity index (χ4n) is 1.60. The van der Waals surface area contributed by atoms with Crippen molar-refractivity contribution >= 4 is 5.52 Å². The predicted molar refractivity (Wildman–Crippen MR) is 53.0 cm³/mol. The van der Waals surface area contributed by atoms with Crippen molar-refractivity contribution in [3.05, 3.63) is 35.9 Å². The van der Waals surface area contributed by atoms with Crippen molar-refractivity contribution in [2.24, 2.45) is 0 Å². The minimum atomic E-state index is -4.43. The third kappa shape index (κ3) is 1.76. The maximum absolute atomic E-state index is 12.7. The van der Waals surface area contributed by atoms with Crippen LogP contribution in [0.2, 0.25) is 0 Å². The second-order valence-corrected chi connectivity index (χ2v) is 3.37. The average Bonchev–Trinajstić information content (AvgIpc) is 2.58. The van der Waals surface area contributed by atoms with Crippen LogP contribution in [0.25, 0.3) is 5.52 Å². The van der Waals surface area contributed by atoms with Crippen LogP contribution in [0.3, 0.4) is 0 Å². The Bertz CT molecular complexity index is 501. The summed E-state index contributed by atoms with van der Waals surface area (Å²) in [6.45, 7) is 0.309. The van der Waals surface area contributed by atoms with Crippen LogP contribution < -0.4 is 5.32 Å². The molecule has 0 radical (unpaired) electrons. The van der Waals surface area contributed by atoms with E-state index in [9.17, 15) is 13.2 Å². The van der Waals surface area contributed by atoms with Gasteiger partial charge in [-0.15, -0.1) is 0 Å². The highest BCUT2D eigenvalue weighted by Gasteiger charge is 2.36. The third-order valence-corrected chi connectivity index (χ3v) is 2.22. The van der Waals surface area contributed by atoms with Crippen LogP contribution in [-0.2, 0) is 12.7 Å². The monoisotopic (exact) mass is 229 g/mol. The molecular weight excluding hydrogens is 219 g/mol. The van der Waals surface area contributed by atoms with E-state index in [1.165, 1.54) is 6.20 Å². The molecule has 0 aliphatic carbocycles. The van der Waals surface area contributed by atoms with Gasteiger partial charge >= 0.3 is 6.18 Å². The molecule has 0 saturated carbocycles. The molecule has 0 spiro atoms. The van der Waals surface area contributed by atoms with Crippen molar-refractivity contribution in [3.8, 4) is 0 Å². The molecule has 3 nitrogen and oxygen atoms in total. The Morgan fingerprint density at radius 1 is 1.38 bits per heavy atom. The van der Waals surface area contributed by atoms with Crippen molar-refractivity contribution in [1.29, 1.82) is 0 Å². The Morgan fingerprint density at radius 3 is 2.75 bits per heavy atom. The van der Waals surface area contributed by atoms with E-state index >= 15 is 0 Å². The fraction of sp³-hybridized carbons (Fsp3) is 0.300. The van der Waals surface area contributed by atoms with Gasteiger partial charge in [0.15, 0.2) is 0 Å². The summed E-state index contributed by atoms with van der Waals surface area (Å²) < 4.78 is 39.1. The van der Waals surface area contributed by atoms with Gasteiger partial charge in [0, 0.05) is 12.7 Å². The van der Waals surface area contributed by atoms with Gasteiger partial charge in [-0.1, -0.05) is 6.07 Å². The Morgan fingerprint density at radius 2 is 2.12 bits per heavy atom. The molecule has 2 aromatic heterocycles. The molecule has 0 aliphatic heterocycles. The van der Waals surface area contributed by atoms with Gasteiger partial charge in [-0.2, -0.15) is 13.2 Å². The summed E-state index contributed by atoms with van der Waals surface area (Å²) in [4.78, 5) is 3.63. The van der Waals surface area contributed by atoms with Crippen molar-refractivity contribution in [2.45, 2.75) is 12.7 Å². The number of hydrogen-bond donors (Lipinski definition) is 1. The fourth-order valence-corrected chi connectivity index (χ4v) is 1.60. The van der Waals surface area contributed by atoms with E-state index in [2.05, 4.69) is 10.3 Å². The molecule has 0 saturated heterocycles.